The van der Waals surface area contributed by atoms with Gasteiger partial charge in [-0.15, -0.1) is 0 Å². The lowest BCUT2D eigenvalue weighted by molar-refractivity contribution is -0.124. The van der Waals surface area contributed by atoms with Gasteiger partial charge in [-0.25, -0.2) is 4.39 Å². The summed E-state index contributed by atoms with van der Waals surface area (Å²) < 4.78 is 14.0. The van der Waals surface area contributed by atoms with Crippen LogP contribution < -0.4 is 10.6 Å². The summed E-state index contributed by atoms with van der Waals surface area (Å²) in [6, 6.07) is 12.4. The summed E-state index contributed by atoms with van der Waals surface area (Å²) >= 11 is 0. The zero-order chi connectivity index (χ0) is 23.1. The molecule has 1 saturated heterocycles. The summed E-state index contributed by atoms with van der Waals surface area (Å²) in [7, 11) is 0. The maximum absolute atomic E-state index is 14.0. The second-order valence-electron chi connectivity index (χ2n) is 8.22. The lowest BCUT2D eigenvalue weighted by Crippen LogP contribution is -2.54. The van der Waals surface area contributed by atoms with Crippen molar-refractivity contribution in [2.75, 3.05) is 19.6 Å². The smallest absolute Gasteiger partial charge is 0.256 e. The first-order valence-corrected chi connectivity index (χ1v) is 11.1. The Bertz CT molecular complexity index is 953. The third-order valence-corrected chi connectivity index (χ3v) is 5.83. The number of halogens is 1. The number of piperidine rings is 1. The van der Waals surface area contributed by atoms with Crippen molar-refractivity contribution in [2.24, 2.45) is 5.92 Å². The molecule has 0 spiro atoms. The quantitative estimate of drug-likeness (QED) is 0.695. The van der Waals surface area contributed by atoms with E-state index in [1.165, 1.54) is 12.1 Å². The zero-order valence-corrected chi connectivity index (χ0v) is 18.6. The molecule has 2 N–H and O–H groups in total. The fourth-order valence-corrected chi connectivity index (χ4v) is 3.93. The molecule has 1 fully saturated rings. The van der Waals surface area contributed by atoms with Crippen molar-refractivity contribution in [2.45, 2.75) is 39.2 Å². The Morgan fingerprint density at radius 2 is 1.72 bits per heavy atom. The van der Waals surface area contributed by atoms with E-state index in [0.29, 0.717) is 38.0 Å². The van der Waals surface area contributed by atoms with Crippen LogP contribution in [-0.2, 0) is 4.79 Å². The minimum Gasteiger partial charge on any atom is -0.354 e. The maximum atomic E-state index is 14.0. The van der Waals surface area contributed by atoms with Gasteiger partial charge in [-0.2, -0.15) is 0 Å². The number of likely N-dealkylation sites (tertiary alicyclic amines) is 1. The Morgan fingerprint density at radius 3 is 2.34 bits per heavy atom. The Kier molecular flexibility index (Phi) is 7.98. The highest BCUT2D eigenvalue weighted by molar-refractivity contribution is 5.98. The van der Waals surface area contributed by atoms with Gasteiger partial charge in [0.25, 0.3) is 11.8 Å². The molecule has 1 atom stereocenters. The minimum absolute atomic E-state index is 0.0517. The Morgan fingerprint density at radius 1 is 1.06 bits per heavy atom. The maximum Gasteiger partial charge on any atom is 0.256 e. The topological polar surface area (TPSA) is 78.5 Å². The fraction of sp³-hybridized carbons (Fsp3) is 0.400. The first-order chi connectivity index (χ1) is 15.4. The number of carbonyl (C=O) groups is 3. The van der Waals surface area contributed by atoms with Gasteiger partial charge in [0.15, 0.2) is 0 Å². The molecule has 32 heavy (non-hydrogen) atoms. The van der Waals surface area contributed by atoms with Crippen LogP contribution in [0, 0.1) is 18.7 Å². The van der Waals surface area contributed by atoms with Crippen molar-refractivity contribution in [3.8, 4) is 0 Å². The van der Waals surface area contributed by atoms with E-state index in [1.54, 1.807) is 29.2 Å². The Labute approximate surface area is 188 Å². The largest absolute Gasteiger partial charge is 0.354 e. The summed E-state index contributed by atoms with van der Waals surface area (Å²) in [5.74, 6) is -1.53. The average Bonchev–Trinajstić information content (AvgIpc) is 2.81. The monoisotopic (exact) mass is 439 g/mol. The molecule has 1 aliphatic heterocycles. The van der Waals surface area contributed by atoms with Gasteiger partial charge in [0.2, 0.25) is 5.91 Å². The van der Waals surface area contributed by atoms with Gasteiger partial charge in [0.1, 0.15) is 11.9 Å². The lowest BCUT2D eigenvalue weighted by atomic mass is 9.88. The van der Waals surface area contributed by atoms with Crippen LogP contribution in [0.5, 0.6) is 0 Å². The van der Waals surface area contributed by atoms with E-state index in [4.69, 9.17) is 0 Å². The van der Waals surface area contributed by atoms with Gasteiger partial charge in [-0.3, -0.25) is 14.4 Å². The van der Waals surface area contributed by atoms with E-state index in [-0.39, 0.29) is 29.2 Å². The van der Waals surface area contributed by atoms with Crippen LogP contribution in [0.4, 0.5) is 4.39 Å². The molecule has 1 heterocycles. The first-order valence-electron chi connectivity index (χ1n) is 11.1. The van der Waals surface area contributed by atoms with Crippen molar-refractivity contribution >= 4 is 17.7 Å². The molecule has 1 unspecified atom stereocenters. The predicted octanol–water partition coefficient (Wildman–Crippen LogP) is 3.31. The third-order valence-electron chi connectivity index (χ3n) is 5.83. The van der Waals surface area contributed by atoms with Gasteiger partial charge < -0.3 is 15.5 Å². The number of hydrogen-bond donors (Lipinski definition) is 2. The minimum atomic E-state index is -0.693. The highest BCUT2D eigenvalue weighted by Gasteiger charge is 2.34. The van der Waals surface area contributed by atoms with E-state index in [9.17, 15) is 18.8 Å². The molecule has 0 saturated carbocycles. The van der Waals surface area contributed by atoms with Crippen LogP contribution in [0.15, 0.2) is 48.5 Å². The molecule has 3 amide bonds. The van der Waals surface area contributed by atoms with E-state index in [0.717, 1.165) is 12.0 Å². The zero-order valence-electron chi connectivity index (χ0n) is 18.6. The molecule has 6 nitrogen and oxygen atoms in total. The van der Waals surface area contributed by atoms with Crippen molar-refractivity contribution in [3.63, 3.8) is 0 Å². The highest BCUT2D eigenvalue weighted by Crippen LogP contribution is 2.23. The lowest BCUT2D eigenvalue weighted by Gasteiger charge is -2.36. The van der Waals surface area contributed by atoms with Gasteiger partial charge in [-0.05, 0) is 56.4 Å². The average molecular weight is 440 g/mol. The van der Waals surface area contributed by atoms with Crippen LogP contribution in [0.2, 0.25) is 0 Å². The number of hydrogen-bond acceptors (Lipinski definition) is 3. The van der Waals surface area contributed by atoms with E-state index < -0.39 is 11.9 Å². The molecule has 2 aromatic rings. The van der Waals surface area contributed by atoms with Crippen molar-refractivity contribution in [1.29, 1.82) is 0 Å². The summed E-state index contributed by atoms with van der Waals surface area (Å²) in [5, 5.41) is 5.78. The summed E-state index contributed by atoms with van der Waals surface area (Å²) in [4.78, 5) is 39.9. The number of amides is 3. The molecular weight excluding hydrogens is 409 g/mol. The van der Waals surface area contributed by atoms with Gasteiger partial charge in [-0.1, -0.05) is 36.8 Å². The molecule has 1 aliphatic rings. The second kappa shape index (κ2) is 10.9. The van der Waals surface area contributed by atoms with Crippen LogP contribution >= 0.6 is 0 Å². The van der Waals surface area contributed by atoms with Gasteiger partial charge in [0.05, 0.1) is 5.56 Å². The molecule has 3 rings (SSSR count). The second-order valence-corrected chi connectivity index (χ2v) is 8.22. The molecule has 0 bridgehead atoms. The molecule has 0 radical (unpaired) electrons. The molecular formula is C25H30FN3O3. The summed E-state index contributed by atoms with van der Waals surface area (Å²) in [6.45, 7) is 5.23. The van der Waals surface area contributed by atoms with Gasteiger partial charge in [0, 0.05) is 25.2 Å². The van der Waals surface area contributed by atoms with Crippen LogP contribution in [0.3, 0.4) is 0 Å². The molecule has 7 heteroatoms. The number of rotatable bonds is 7. The third kappa shape index (κ3) is 5.72. The van der Waals surface area contributed by atoms with E-state index in [1.807, 2.05) is 26.0 Å². The van der Waals surface area contributed by atoms with Crippen molar-refractivity contribution in [3.05, 3.63) is 71.0 Å². The number of carbonyl (C=O) groups excluding carboxylic acids is 3. The number of benzene rings is 2. The highest BCUT2D eigenvalue weighted by atomic mass is 19.1. The van der Waals surface area contributed by atoms with Crippen LogP contribution in [0.1, 0.15) is 52.5 Å². The summed E-state index contributed by atoms with van der Waals surface area (Å²) in [5.41, 5.74) is 1.60. The fourth-order valence-electron chi connectivity index (χ4n) is 3.93. The molecule has 170 valence electrons. The Balaban J connectivity index is 1.68. The number of aryl methyl sites for hydroxylation is 1. The number of nitrogens with one attached hydrogen (secondary N) is 2. The SMILES string of the molecule is CCCNC(=O)C(NC(=O)c1ccc(C)cc1)C1CCN(C(=O)c2ccccc2F)CC1. The number of nitrogens with zero attached hydrogens (tertiary/aromatic N) is 1. The predicted molar refractivity (Wildman–Crippen MR) is 121 cm³/mol. The standard InChI is InChI=1S/C25H30FN3O3/c1-3-14-27-24(31)22(28-23(30)19-10-8-17(2)9-11-19)18-12-15-29(16-13-18)25(32)20-6-4-5-7-21(20)26/h4-11,18,22H,3,12-16H2,1-2H3,(H,27,31)(H,28,30). The van der Waals surface area contributed by atoms with Gasteiger partial charge >= 0.3 is 0 Å². The Hall–Kier alpha value is -3.22. The van der Waals surface area contributed by atoms with Crippen LogP contribution in [-0.4, -0.2) is 48.3 Å². The first kappa shape index (κ1) is 23.4. The van der Waals surface area contributed by atoms with Crippen molar-refractivity contribution < 1.29 is 18.8 Å². The molecule has 0 aliphatic carbocycles. The van der Waals surface area contributed by atoms with E-state index >= 15 is 0 Å². The molecule has 0 aromatic heterocycles. The van der Waals surface area contributed by atoms with Crippen LogP contribution in [0.25, 0.3) is 0 Å². The van der Waals surface area contributed by atoms with E-state index in [2.05, 4.69) is 10.6 Å². The van der Waals surface area contributed by atoms with Crippen molar-refractivity contribution in [1.82, 2.24) is 15.5 Å². The molecule has 2 aromatic carbocycles. The summed E-state index contributed by atoms with van der Waals surface area (Å²) in [6.07, 6.45) is 1.87. The normalized spacial score (nSPS) is 15.2.